The second kappa shape index (κ2) is 4.23. The Morgan fingerprint density at radius 2 is 2.14 bits per heavy atom. The predicted molar refractivity (Wildman–Crippen MR) is 57.3 cm³/mol. The van der Waals surface area contributed by atoms with Crippen LogP contribution in [0.5, 0.6) is 0 Å². The van der Waals surface area contributed by atoms with Crippen LogP contribution in [0.3, 0.4) is 0 Å². The van der Waals surface area contributed by atoms with Crippen molar-refractivity contribution < 1.29 is 5.11 Å². The molecule has 0 aliphatic rings. The Labute approximate surface area is 90.7 Å². The maximum absolute atomic E-state index is 11.7. The van der Waals surface area contributed by atoms with Crippen molar-refractivity contribution in [1.29, 1.82) is 0 Å². The molecule has 14 heavy (non-hydrogen) atoms. The Hall–Kier alpha value is -0.680. The van der Waals surface area contributed by atoms with E-state index >= 15 is 0 Å². The largest absolute Gasteiger partial charge is 0.391 e. The van der Waals surface area contributed by atoms with Crippen molar-refractivity contribution in [3.63, 3.8) is 0 Å². The molecular weight excluding hydrogens is 248 g/mol. The van der Waals surface area contributed by atoms with Crippen molar-refractivity contribution in [2.45, 2.75) is 32.9 Å². The molecule has 1 aromatic heterocycles. The summed E-state index contributed by atoms with van der Waals surface area (Å²) < 4.78 is 1.87. The molecule has 0 spiro atoms. The lowest BCUT2D eigenvalue weighted by Crippen LogP contribution is -2.30. The first-order chi connectivity index (χ1) is 6.45. The quantitative estimate of drug-likeness (QED) is 0.871. The maximum Gasteiger partial charge on any atom is 0.268 e. The van der Waals surface area contributed by atoms with Gasteiger partial charge in [0, 0.05) is 0 Å². The molecule has 0 aliphatic heterocycles. The van der Waals surface area contributed by atoms with Crippen LogP contribution in [0.4, 0.5) is 0 Å². The summed E-state index contributed by atoms with van der Waals surface area (Å²) in [4.78, 5) is 15.7. The molecule has 5 heteroatoms. The minimum atomic E-state index is -0.580. The molecule has 0 fully saturated rings. The van der Waals surface area contributed by atoms with Crippen molar-refractivity contribution in [2.24, 2.45) is 0 Å². The van der Waals surface area contributed by atoms with Gasteiger partial charge in [-0.3, -0.25) is 9.36 Å². The summed E-state index contributed by atoms with van der Waals surface area (Å²) in [6, 6.07) is -0.271. The first-order valence-electron chi connectivity index (χ1n) is 4.36. The molecule has 4 nitrogen and oxygen atoms in total. The van der Waals surface area contributed by atoms with E-state index < -0.39 is 6.10 Å². The molecule has 0 aromatic carbocycles. The Kier molecular flexibility index (Phi) is 3.44. The Morgan fingerprint density at radius 3 is 2.64 bits per heavy atom. The standard InChI is InChI=1S/C9H13BrN2O2/c1-5-8(10)9(14)12(4-11-5)6(2)7(3)13/h4,6-7,13H,1-3H3. The smallest absolute Gasteiger partial charge is 0.268 e. The molecule has 0 saturated carbocycles. The number of halogens is 1. The van der Waals surface area contributed by atoms with Gasteiger partial charge < -0.3 is 5.11 Å². The first-order valence-corrected chi connectivity index (χ1v) is 5.15. The van der Waals surface area contributed by atoms with E-state index in [9.17, 15) is 9.90 Å². The third kappa shape index (κ3) is 2.04. The normalized spacial score (nSPS) is 15.2. The van der Waals surface area contributed by atoms with Gasteiger partial charge in [-0.2, -0.15) is 0 Å². The van der Waals surface area contributed by atoms with Crippen molar-refractivity contribution in [3.8, 4) is 0 Å². The number of nitrogens with zero attached hydrogens (tertiary/aromatic N) is 2. The molecule has 0 amide bonds. The van der Waals surface area contributed by atoms with Crippen LogP contribution in [0, 0.1) is 6.92 Å². The van der Waals surface area contributed by atoms with Gasteiger partial charge in [-0.25, -0.2) is 4.98 Å². The van der Waals surface area contributed by atoms with Gasteiger partial charge in [0.1, 0.15) is 4.47 Å². The monoisotopic (exact) mass is 260 g/mol. The van der Waals surface area contributed by atoms with E-state index in [-0.39, 0.29) is 11.6 Å². The Balaban J connectivity index is 3.25. The molecule has 2 atom stereocenters. The summed E-state index contributed by atoms with van der Waals surface area (Å²) in [5.41, 5.74) is 0.495. The van der Waals surface area contributed by atoms with Crippen LogP contribution < -0.4 is 5.56 Å². The number of aryl methyl sites for hydroxylation is 1. The van der Waals surface area contributed by atoms with Gasteiger partial charge >= 0.3 is 0 Å². The summed E-state index contributed by atoms with van der Waals surface area (Å²) in [5, 5.41) is 9.36. The highest BCUT2D eigenvalue weighted by molar-refractivity contribution is 9.10. The molecule has 1 N–H and O–H groups in total. The van der Waals surface area contributed by atoms with Gasteiger partial charge in [0.25, 0.3) is 5.56 Å². The average Bonchev–Trinajstić information content (AvgIpc) is 2.13. The van der Waals surface area contributed by atoms with Crippen LogP contribution >= 0.6 is 15.9 Å². The molecule has 78 valence electrons. The predicted octanol–water partition coefficient (Wildman–Crippen LogP) is 1.26. The third-order valence-electron chi connectivity index (χ3n) is 2.25. The van der Waals surface area contributed by atoms with Gasteiger partial charge in [-0.05, 0) is 36.7 Å². The second-order valence-electron chi connectivity index (χ2n) is 3.34. The minimum Gasteiger partial charge on any atom is -0.391 e. The van der Waals surface area contributed by atoms with Gasteiger partial charge in [0.2, 0.25) is 0 Å². The molecule has 1 rings (SSSR count). The second-order valence-corrected chi connectivity index (χ2v) is 4.13. The summed E-state index contributed by atoms with van der Waals surface area (Å²) in [6.07, 6.45) is 0.879. The SMILES string of the molecule is Cc1ncn(C(C)C(C)O)c(=O)c1Br. The summed E-state index contributed by atoms with van der Waals surface area (Å²) >= 11 is 3.17. The fraction of sp³-hybridized carbons (Fsp3) is 0.556. The fourth-order valence-electron chi connectivity index (χ4n) is 1.05. The molecule has 0 radical (unpaired) electrons. The number of hydrogen-bond donors (Lipinski definition) is 1. The van der Waals surface area contributed by atoms with Crippen LogP contribution in [0.1, 0.15) is 25.6 Å². The van der Waals surface area contributed by atoms with E-state index in [4.69, 9.17) is 0 Å². The number of hydrogen-bond acceptors (Lipinski definition) is 3. The Morgan fingerprint density at radius 1 is 1.57 bits per heavy atom. The molecule has 1 heterocycles. The highest BCUT2D eigenvalue weighted by atomic mass is 79.9. The third-order valence-corrected chi connectivity index (χ3v) is 3.17. The lowest BCUT2D eigenvalue weighted by molar-refractivity contribution is 0.136. The van der Waals surface area contributed by atoms with Gasteiger partial charge in [0.05, 0.1) is 24.2 Å². The van der Waals surface area contributed by atoms with Gasteiger partial charge in [-0.15, -0.1) is 0 Å². The van der Waals surface area contributed by atoms with Crippen LogP contribution in [-0.4, -0.2) is 20.8 Å². The minimum absolute atomic E-state index is 0.161. The van der Waals surface area contributed by atoms with E-state index in [2.05, 4.69) is 20.9 Å². The maximum atomic E-state index is 11.7. The van der Waals surface area contributed by atoms with E-state index in [0.29, 0.717) is 10.2 Å². The number of aromatic nitrogens is 2. The average molecular weight is 261 g/mol. The molecular formula is C9H13BrN2O2. The molecule has 1 aromatic rings. The molecule has 2 unspecified atom stereocenters. The topological polar surface area (TPSA) is 55.1 Å². The number of aliphatic hydroxyl groups excluding tert-OH is 1. The fourth-order valence-corrected chi connectivity index (χ4v) is 1.36. The zero-order chi connectivity index (χ0) is 10.9. The lowest BCUT2D eigenvalue weighted by Gasteiger charge is -2.17. The highest BCUT2D eigenvalue weighted by Crippen LogP contribution is 2.11. The van der Waals surface area contributed by atoms with E-state index in [1.54, 1.807) is 20.8 Å². The summed E-state index contributed by atoms with van der Waals surface area (Å²) in [6.45, 7) is 5.17. The van der Waals surface area contributed by atoms with E-state index in [1.165, 1.54) is 10.9 Å². The summed E-state index contributed by atoms with van der Waals surface area (Å²) in [7, 11) is 0. The zero-order valence-corrected chi connectivity index (χ0v) is 9.95. The van der Waals surface area contributed by atoms with E-state index in [1.807, 2.05) is 0 Å². The van der Waals surface area contributed by atoms with Crippen molar-refractivity contribution >= 4 is 15.9 Å². The Bertz CT molecular complexity index is 387. The van der Waals surface area contributed by atoms with Crippen molar-refractivity contribution in [2.75, 3.05) is 0 Å². The molecule has 0 saturated heterocycles. The lowest BCUT2D eigenvalue weighted by atomic mass is 10.2. The summed E-state index contributed by atoms with van der Waals surface area (Å²) in [5.74, 6) is 0. The van der Waals surface area contributed by atoms with E-state index in [0.717, 1.165) is 0 Å². The van der Waals surface area contributed by atoms with Crippen LogP contribution in [-0.2, 0) is 0 Å². The molecule has 0 bridgehead atoms. The first kappa shape index (κ1) is 11.4. The van der Waals surface area contributed by atoms with Crippen LogP contribution in [0.15, 0.2) is 15.6 Å². The highest BCUT2D eigenvalue weighted by Gasteiger charge is 2.14. The zero-order valence-electron chi connectivity index (χ0n) is 8.36. The number of rotatable bonds is 2. The van der Waals surface area contributed by atoms with Crippen molar-refractivity contribution in [1.82, 2.24) is 9.55 Å². The van der Waals surface area contributed by atoms with Crippen LogP contribution in [0.2, 0.25) is 0 Å². The van der Waals surface area contributed by atoms with Gasteiger partial charge in [-0.1, -0.05) is 0 Å². The molecule has 0 aliphatic carbocycles. The van der Waals surface area contributed by atoms with Crippen molar-refractivity contribution in [3.05, 3.63) is 26.8 Å². The van der Waals surface area contributed by atoms with Crippen LogP contribution in [0.25, 0.3) is 0 Å². The van der Waals surface area contributed by atoms with Gasteiger partial charge in [0.15, 0.2) is 0 Å². The number of aliphatic hydroxyl groups is 1.